The number of para-hydroxylation sites is 1. The van der Waals surface area contributed by atoms with E-state index in [4.69, 9.17) is 0 Å². The van der Waals surface area contributed by atoms with E-state index in [1.54, 1.807) is 30.3 Å². The number of benzene rings is 3. The highest BCUT2D eigenvalue weighted by molar-refractivity contribution is 7.92. The maximum Gasteiger partial charge on any atom is 0.190 e. The zero-order valence-electron chi connectivity index (χ0n) is 14.6. The Balaban J connectivity index is 1.88. The normalized spacial score (nSPS) is 19.6. The van der Waals surface area contributed by atoms with Gasteiger partial charge in [-0.2, -0.15) is 0 Å². The highest BCUT2D eigenvalue weighted by Gasteiger charge is 2.43. The molecule has 3 aromatic carbocycles. The third-order valence-electron chi connectivity index (χ3n) is 4.88. The van der Waals surface area contributed by atoms with Gasteiger partial charge in [0.05, 0.1) is 10.9 Å². The summed E-state index contributed by atoms with van der Waals surface area (Å²) in [7, 11) is -3.86. The van der Waals surface area contributed by atoms with Crippen LogP contribution >= 0.6 is 0 Å². The van der Waals surface area contributed by atoms with Gasteiger partial charge in [0.2, 0.25) is 0 Å². The second-order valence-corrected chi connectivity index (χ2v) is 8.68. The van der Waals surface area contributed by atoms with Gasteiger partial charge < -0.3 is 5.32 Å². The van der Waals surface area contributed by atoms with Crippen LogP contribution in [-0.4, -0.2) is 19.5 Å². The Kier molecular flexibility index (Phi) is 4.54. The first-order valence-electron chi connectivity index (χ1n) is 8.78. The first kappa shape index (κ1) is 17.5. The zero-order chi connectivity index (χ0) is 18.9. The fourth-order valence-electron chi connectivity index (χ4n) is 3.56. The summed E-state index contributed by atoms with van der Waals surface area (Å²) in [6.45, 7) is 0. The van der Waals surface area contributed by atoms with Crippen molar-refractivity contribution in [1.29, 1.82) is 0 Å². The van der Waals surface area contributed by atoms with Gasteiger partial charge in [0.1, 0.15) is 5.25 Å². The van der Waals surface area contributed by atoms with Gasteiger partial charge in [-0.15, -0.1) is 0 Å². The minimum absolute atomic E-state index is 0.0865. The summed E-state index contributed by atoms with van der Waals surface area (Å²) in [6, 6.07) is 24.3. The molecular formula is C22H19NO3S. The minimum atomic E-state index is -3.86. The van der Waals surface area contributed by atoms with Gasteiger partial charge in [0.25, 0.3) is 0 Å². The van der Waals surface area contributed by atoms with Crippen molar-refractivity contribution in [3.63, 3.8) is 0 Å². The fourth-order valence-corrected chi connectivity index (χ4v) is 5.40. The number of hydrogen-bond donors (Lipinski definition) is 1. The quantitative estimate of drug-likeness (QED) is 0.754. The molecule has 0 saturated heterocycles. The lowest BCUT2D eigenvalue weighted by molar-refractivity contribution is -0.118. The minimum Gasteiger partial charge on any atom is -0.376 e. The molecule has 0 saturated carbocycles. The van der Waals surface area contributed by atoms with E-state index in [9.17, 15) is 13.2 Å². The molecule has 0 aromatic heterocycles. The predicted molar refractivity (Wildman–Crippen MR) is 105 cm³/mol. The van der Waals surface area contributed by atoms with E-state index < -0.39 is 21.1 Å². The van der Waals surface area contributed by atoms with Crippen LogP contribution in [0.4, 0.5) is 5.69 Å². The summed E-state index contributed by atoms with van der Waals surface area (Å²) < 4.78 is 26.8. The average molecular weight is 377 g/mol. The van der Waals surface area contributed by atoms with Gasteiger partial charge in [-0.1, -0.05) is 66.7 Å². The Morgan fingerprint density at radius 1 is 0.778 bits per heavy atom. The van der Waals surface area contributed by atoms with Crippen molar-refractivity contribution >= 4 is 21.3 Å². The van der Waals surface area contributed by atoms with Crippen LogP contribution in [0.1, 0.15) is 17.2 Å². The smallest absolute Gasteiger partial charge is 0.190 e. The molecule has 0 unspecified atom stereocenters. The highest BCUT2D eigenvalue weighted by Crippen LogP contribution is 2.35. The molecule has 0 amide bonds. The average Bonchev–Trinajstić information content (AvgIpc) is 2.85. The molecule has 1 aliphatic rings. The number of sulfone groups is 1. The maximum atomic E-state index is 13.4. The van der Waals surface area contributed by atoms with Gasteiger partial charge in [-0.3, -0.25) is 4.79 Å². The van der Waals surface area contributed by atoms with Crippen LogP contribution in [0.2, 0.25) is 0 Å². The molecule has 5 heteroatoms. The topological polar surface area (TPSA) is 63.2 Å². The molecule has 1 heterocycles. The number of anilines is 1. The summed E-state index contributed by atoms with van der Waals surface area (Å²) in [4.78, 5) is 13.3. The largest absolute Gasteiger partial charge is 0.376 e. The summed E-state index contributed by atoms with van der Waals surface area (Å²) in [6.07, 6.45) is 0.0865. The number of Topliss-reactive ketones (excluding diaryl/α,β-unsaturated/α-hetero) is 1. The molecule has 4 rings (SSSR count). The second kappa shape index (κ2) is 7.00. The van der Waals surface area contributed by atoms with Gasteiger partial charge in [-0.25, -0.2) is 8.42 Å². The van der Waals surface area contributed by atoms with Crippen LogP contribution in [0.5, 0.6) is 0 Å². The lowest BCUT2D eigenvalue weighted by Gasteiger charge is -2.26. The zero-order valence-corrected chi connectivity index (χ0v) is 15.4. The van der Waals surface area contributed by atoms with E-state index in [1.807, 2.05) is 54.6 Å². The number of fused-ring (bicyclic) bond motifs is 1. The lowest BCUT2D eigenvalue weighted by Crippen LogP contribution is -2.39. The van der Waals surface area contributed by atoms with E-state index in [-0.39, 0.29) is 17.1 Å². The van der Waals surface area contributed by atoms with Crippen molar-refractivity contribution in [2.75, 3.05) is 5.32 Å². The van der Waals surface area contributed by atoms with E-state index >= 15 is 0 Å². The SMILES string of the molecule is O=C1Cc2ccccc2N[C@@H](c2ccccc2)[C@@H]1S(=O)(=O)c1ccccc1. The van der Waals surface area contributed by atoms with Crippen molar-refractivity contribution in [2.45, 2.75) is 22.6 Å². The van der Waals surface area contributed by atoms with Crippen LogP contribution < -0.4 is 5.32 Å². The Labute approximate surface area is 158 Å². The number of hydrogen-bond acceptors (Lipinski definition) is 4. The molecule has 27 heavy (non-hydrogen) atoms. The third-order valence-corrected chi connectivity index (χ3v) is 7.01. The molecule has 0 spiro atoms. The molecule has 0 aliphatic carbocycles. The molecule has 3 aromatic rings. The van der Waals surface area contributed by atoms with Gasteiger partial charge in [0.15, 0.2) is 15.6 Å². The number of carbonyl (C=O) groups excluding carboxylic acids is 1. The number of rotatable bonds is 3. The molecule has 0 fully saturated rings. The monoisotopic (exact) mass is 377 g/mol. The van der Waals surface area contributed by atoms with Crippen molar-refractivity contribution in [1.82, 2.24) is 0 Å². The lowest BCUT2D eigenvalue weighted by atomic mass is 10.00. The van der Waals surface area contributed by atoms with Gasteiger partial charge >= 0.3 is 0 Å². The van der Waals surface area contributed by atoms with E-state index in [1.165, 1.54) is 0 Å². The Morgan fingerprint density at radius 3 is 2.07 bits per heavy atom. The summed E-state index contributed by atoms with van der Waals surface area (Å²) >= 11 is 0. The van der Waals surface area contributed by atoms with Crippen molar-refractivity contribution < 1.29 is 13.2 Å². The van der Waals surface area contributed by atoms with Gasteiger partial charge in [-0.05, 0) is 29.3 Å². The fraction of sp³-hybridized carbons (Fsp3) is 0.136. The molecule has 0 bridgehead atoms. The molecule has 1 N–H and O–H groups in total. The maximum absolute atomic E-state index is 13.4. The van der Waals surface area contributed by atoms with Crippen molar-refractivity contribution in [3.8, 4) is 0 Å². The Hall–Kier alpha value is -2.92. The highest BCUT2D eigenvalue weighted by atomic mass is 32.2. The van der Waals surface area contributed by atoms with Crippen molar-refractivity contribution in [3.05, 3.63) is 96.1 Å². The first-order chi connectivity index (χ1) is 13.1. The molecule has 0 radical (unpaired) electrons. The van der Waals surface area contributed by atoms with Crippen LogP contribution in [0, 0.1) is 0 Å². The van der Waals surface area contributed by atoms with Crippen LogP contribution in [-0.2, 0) is 21.1 Å². The van der Waals surface area contributed by atoms with Crippen LogP contribution in [0.3, 0.4) is 0 Å². The summed E-state index contributed by atoms with van der Waals surface area (Å²) in [5, 5.41) is 2.13. The molecule has 4 nitrogen and oxygen atoms in total. The predicted octanol–water partition coefficient (Wildman–Crippen LogP) is 3.81. The van der Waals surface area contributed by atoms with Crippen LogP contribution in [0.15, 0.2) is 89.8 Å². The van der Waals surface area contributed by atoms with Crippen LogP contribution in [0.25, 0.3) is 0 Å². The molecule has 136 valence electrons. The summed E-state index contributed by atoms with van der Waals surface area (Å²) in [5.74, 6) is -0.301. The van der Waals surface area contributed by atoms with E-state index in [2.05, 4.69) is 5.32 Å². The molecular weight excluding hydrogens is 358 g/mol. The Bertz CT molecular complexity index is 1060. The first-order valence-corrected chi connectivity index (χ1v) is 10.3. The molecule has 1 aliphatic heterocycles. The van der Waals surface area contributed by atoms with E-state index in [0.717, 1.165) is 16.8 Å². The van der Waals surface area contributed by atoms with E-state index in [0.29, 0.717) is 0 Å². The standard InChI is InChI=1S/C22H19NO3S/c24-20-15-17-11-7-8-14-19(17)23-21(16-9-3-1-4-10-16)22(20)27(25,26)18-12-5-2-6-13-18/h1-14,21-23H,15H2/t21-,22+/m0/s1. The third kappa shape index (κ3) is 3.26. The molecule has 2 atom stereocenters. The number of ketones is 1. The summed E-state index contributed by atoms with van der Waals surface area (Å²) in [5.41, 5.74) is 2.38. The van der Waals surface area contributed by atoms with Crippen molar-refractivity contribution in [2.24, 2.45) is 0 Å². The second-order valence-electron chi connectivity index (χ2n) is 6.61. The van der Waals surface area contributed by atoms with Gasteiger partial charge in [0, 0.05) is 12.1 Å². The number of nitrogens with one attached hydrogen (secondary N) is 1. The Morgan fingerprint density at radius 2 is 1.37 bits per heavy atom. The number of carbonyl (C=O) groups is 1.